The van der Waals surface area contributed by atoms with Crippen molar-refractivity contribution in [3.8, 4) is 0 Å². The molecule has 1 aliphatic rings. The average molecular weight is 267 g/mol. The number of halogens is 2. The molecule has 0 saturated heterocycles. The van der Waals surface area contributed by atoms with E-state index in [1.165, 1.54) is 29.5 Å². The summed E-state index contributed by atoms with van der Waals surface area (Å²) < 4.78 is 0. The molecule has 0 aromatic heterocycles. The van der Waals surface area contributed by atoms with Gasteiger partial charge in [-0.05, 0) is 29.5 Å². The van der Waals surface area contributed by atoms with Crippen molar-refractivity contribution in [2.75, 3.05) is 0 Å². The average Bonchev–Trinajstić information content (AvgIpc) is 2.74. The van der Waals surface area contributed by atoms with E-state index in [-0.39, 0.29) is 24.8 Å². The lowest BCUT2D eigenvalue weighted by Gasteiger charge is -2.11. The van der Waals surface area contributed by atoms with Gasteiger partial charge in [-0.3, -0.25) is 0 Å². The summed E-state index contributed by atoms with van der Waals surface area (Å²) in [4.78, 5) is 0. The molecule has 0 spiro atoms. The van der Waals surface area contributed by atoms with Crippen molar-refractivity contribution in [2.24, 2.45) is 0 Å². The Morgan fingerprint density at radius 3 is 2.18 bits per heavy atom. The zero-order chi connectivity index (χ0) is 10.1. The first-order chi connectivity index (χ1) is 7.45. The summed E-state index contributed by atoms with van der Waals surface area (Å²) in [6.45, 7) is 0. The van der Waals surface area contributed by atoms with E-state index in [4.69, 9.17) is 0 Å². The van der Waals surface area contributed by atoms with Crippen LogP contribution in [0.1, 0.15) is 29.0 Å². The highest BCUT2D eigenvalue weighted by Gasteiger charge is 2.22. The summed E-state index contributed by atoms with van der Waals surface area (Å²) in [6.07, 6.45) is 2.50. The van der Waals surface area contributed by atoms with E-state index in [0.29, 0.717) is 5.92 Å². The van der Waals surface area contributed by atoms with E-state index >= 15 is 0 Å². The second-order valence-corrected chi connectivity index (χ2v) is 4.20. The Labute approximate surface area is 115 Å². The van der Waals surface area contributed by atoms with E-state index in [9.17, 15) is 0 Å². The van der Waals surface area contributed by atoms with Gasteiger partial charge in [-0.15, -0.1) is 24.8 Å². The maximum absolute atomic E-state index is 2.28. The van der Waals surface area contributed by atoms with Gasteiger partial charge >= 0.3 is 0 Å². The molecule has 1 unspecified atom stereocenters. The Morgan fingerprint density at radius 2 is 1.41 bits per heavy atom. The lowest BCUT2D eigenvalue weighted by atomic mass is 9.93. The van der Waals surface area contributed by atoms with Gasteiger partial charge in [0, 0.05) is 5.92 Å². The van der Waals surface area contributed by atoms with Gasteiger partial charge in [-0.2, -0.15) is 0 Å². The molecule has 0 radical (unpaired) electrons. The third-order valence-electron chi connectivity index (χ3n) is 3.33. The highest BCUT2D eigenvalue weighted by molar-refractivity contribution is 5.85. The first kappa shape index (κ1) is 14.1. The molecule has 0 saturated carbocycles. The van der Waals surface area contributed by atoms with Crippen LogP contribution in [0, 0.1) is 0 Å². The lowest BCUT2D eigenvalue weighted by molar-refractivity contribution is 0.788. The van der Waals surface area contributed by atoms with Crippen molar-refractivity contribution in [3.05, 3.63) is 71.3 Å². The molecule has 2 heteroatoms. The molecule has 1 aliphatic carbocycles. The van der Waals surface area contributed by atoms with E-state index in [0.717, 1.165) is 0 Å². The van der Waals surface area contributed by atoms with Crippen LogP contribution < -0.4 is 0 Å². The van der Waals surface area contributed by atoms with Crippen molar-refractivity contribution in [1.29, 1.82) is 0 Å². The molecule has 2 aromatic rings. The van der Waals surface area contributed by atoms with Crippen LogP contribution in [-0.2, 0) is 6.42 Å². The van der Waals surface area contributed by atoms with Crippen LogP contribution in [0.2, 0.25) is 0 Å². The molecule has 0 nitrogen and oxygen atoms in total. The maximum atomic E-state index is 2.28. The smallest absolute Gasteiger partial charge is 0.00952 e. The van der Waals surface area contributed by atoms with Gasteiger partial charge in [-0.1, -0.05) is 54.6 Å². The number of benzene rings is 2. The fraction of sp³-hybridized carbons (Fsp3) is 0.200. The van der Waals surface area contributed by atoms with Gasteiger partial charge in [0.25, 0.3) is 0 Å². The van der Waals surface area contributed by atoms with Gasteiger partial charge in [0.1, 0.15) is 0 Å². The number of hydrogen-bond donors (Lipinski definition) is 0. The van der Waals surface area contributed by atoms with Crippen LogP contribution in [0.25, 0.3) is 0 Å². The monoisotopic (exact) mass is 266 g/mol. The quantitative estimate of drug-likeness (QED) is 0.707. The summed E-state index contributed by atoms with van der Waals surface area (Å²) in [5.41, 5.74) is 4.53. The number of hydrogen-bond acceptors (Lipinski definition) is 0. The highest BCUT2D eigenvalue weighted by atomic mass is 35.5. The summed E-state index contributed by atoms with van der Waals surface area (Å²) in [5.74, 6) is 0.627. The predicted molar refractivity (Wildman–Crippen MR) is 77.5 cm³/mol. The molecular formula is C15H16Cl2. The fourth-order valence-corrected chi connectivity index (χ4v) is 2.59. The van der Waals surface area contributed by atoms with Crippen LogP contribution in [-0.4, -0.2) is 0 Å². The standard InChI is InChI=1S/C15H14.2ClH/c1-2-6-12(7-3-1)15-11-10-13-8-4-5-9-14(13)15;;/h1-9,15H,10-11H2;2*1H. The summed E-state index contributed by atoms with van der Waals surface area (Å²) in [6, 6.07) is 19.7. The first-order valence-electron chi connectivity index (χ1n) is 5.58. The minimum Gasteiger partial charge on any atom is -0.147 e. The molecule has 0 amide bonds. The van der Waals surface area contributed by atoms with Crippen molar-refractivity contribution in [2.45, 2.75) is 18.8 Å². The number of fused-ring (bicyclic) bond motifs is 1. The van der Waals surface area contributed by atoms with Gasteiger partial charge < -0.3 is 0 Å². The van der Waals surface area contributed by atoms with Crippen molar-refractivity contribution >= 4 is 24.8 Å². The molecule has 0 bridgehead atoms. The minimum absolute atomic E-state index is 0. The Morgan fingerprint density at radius 1 is 0.765 bits per heavy atom. The topological polar surface area (TPSA) is 0 Å². The molecule has 0 aliphatic heterocycles. The normalized spacial score (nSPS) is 16.6. The van der Waals surface area contributed by atoms with Gasteiger partial charge in [0.15, 0.2) is 0 Å². The van der Waals surface area contributed by atoms with Crippen LogP contribution in [0.15, 0.2) is 54.6 Å². The molecule has 17 heavy (non-hydrogen) atoms. The van der Waals surface area contributed by atoms with E-state index in [2.05, 4.69) is 54.6 Å². The highest BCUT2D eigenvalue weighted by Crippen LogP contribution is 2.37. The third kappa shape index (κ3) is 2.65. The molecule has 3 rings (SSSR count). The van der Waals surface area contributed by atoms with Gasteiger partial charge in [0.2, 0.25) is 0 Å². The Hall–Kier alpha value is -0.980. The zero-order valence-corrected chi connectivity index (χ0v) is 11.1. The predicted octanol–water partition coefficient (Wildman–Crippen LogP) is 4.61. The van der Waals surface area contributed by atoms with Gasteiger partial charge in [0.05, 0.1) is 0 Å². The Kier molecular flexibility index (Phi) is 5.04. The van der Waals surface area contributed by atoms with Crippen molar-refractivity contribution < 1.29 is 0 Å². The van der Waals surface area contributed by atoms with Crippen molar-refractivity contribution in [1.82, 2.24) is 0 Å². The minimum atomic E-state index is 0. The van der Waals surface area contributed by atoms with Gasteiger partial charge in [-0.25, -0.2) is 0 Å². The van der Waals surface area contributed by atoms with E-state index in [1.807, 2.05) is 0 Å². The number of rotatable bonds is 1. The summed E-state index contributed by atoms with van der Waals surface area (Å²) in [5, 5.41) is 0. The molecule has 1 atom stereocenters. The van der Waals surface area contributed by atoms with Crippen LogP contribution in [0.5, 0.6) is 0 Å². The maximum Gasteiger partial charge on any atom is 0.00952 e. The fourth-order valence-electron chi connectivity index (χ4n) is 2.59. The molecule has 0 fully saturated rings. The van der Waals surface area contributed by atoms with Crippen LogP contribution in [0.3, 0.4) is 0 Å². The molecule has 90 valence electrons. The number of aryl methyl sites for hydroxylation is 1. The SMILES string of the molecule is Cl.Cl.c1ccc(C2CCc3ccccc32)cc1. The third-order valence-corrected chi connectivity index (χ3v) is 3.33. The summed E-state index contributed by atoms with van der Waals surface area (Å²) in [7, 11) is 0. The molecule has 2 aromatic carbocycles. The first-order valence-corrected chi connectivity index (χ1v) is 5.58. The largest absolute Gasteiger partial charge is 0.147 e. The van der Waals surface area contributed by atoms with Crippen molar-refractivity contribution in [3.63, 3.8) is 0 Å². The van der Waals surface area contributed by atoms with Crippen LogP contribution >= 0.6 is 24.8 Å². The van der Waals surface area contributed by atoms with Crippen LogP contribution in [0.4, 0.5) is 0 Å². The van der Waals surface area contributed by atoms with E-state index < -0.39 is 0 Å². The summed E-state index contributed by atoms with van der Waals surface area (Å²) >= 11 is 0. The molecule has 0 heterocycles. The van der Waals surface area contributed by atoms with E-state index in [1.54, 1.807) is 0 Å². The zero-order valence-electron chi connectivity index (χ0n) is 9.50. The molecule has 0 N–H and O–H groups in total. The second-order valence-electron chi connectivity index (χ2n) is 4.20. The Bertz CT molecular complexity index is 465. The molecular weight excluding hydrogens is 251 g/mol. The Balaban J connectivity index is 0.000000722. The lowest BCUT2D eigenvalue weighted by Crippen LogP contribution is -1.94. The second kappa shape index (κ2) is 6.09.